The number of benzene rings is 1. The fourth-order valence-electron chi connectivity index (χ4n) is 1.35. The van der Waals surface area contributed by atoms with Crippen molar-refractivity contribution in [2.45, 2.75) is 26.3 Å². The van der Waals surface area contributed by atoms with Gasteiger partial charge in [-0.25, -0.2) is 8.78 Å². The molecule has 14 heavy (non-hydrogen) atoms. The Bertz CT molecular complexity index is 308. The summed E-state index contributed by atoms with van der Waals surface area (Å²) >= 11 is 0. The zero-order valence-corrected chi connectivity index (χ0v) is 8.09. The van der Waals surface area contributed by atoms with E-state index >= 15 is 0 Å². The Balaban J connectivity index is 3.32. The number of alkyl halides is 2. The van der Waals surface area contributed by atoms with Gasteiger partial charge >= 0.3 is 0 Å². The zero-order chi connectivity index (χ0) is 10.9. The highest BCUT2D eigenvalue weighted by Gasteiger charge is 2.18. The third-order valence-electron chi connectivity index (χ3n) is 2.04. The Morgan fingerprint density at radius 3 is 2.21 bits per heavy atom. The molecule has 0 aliphatic carbocycles. The van der Waals surface area contributed by atoms with Gasteiger partial charge in [-0.3, -0.25) is 0 Å². The van der Waals surface area contributed by atoms with Crippen LogP contribution in [-0.4, -0.2) is 5.11 Å². The molecule has 0 heterocycles. The number of hydrogen-bond donors (Lipinski definition) is 2. The highest BCUT2D eigenvalue weighted by Crippen LogP contribution is 2.34. The first kappa shape index (κ1) is 10.9. The lowest BCUT2D eigenvalue weighted by Gasteiger charge is -2.13. The molecule has 0 saturated carbocycles. The van der Waals surface area contributed by atoms with Crippen molar-refractivity contribution in [1.82, 2.24) is 0 Å². The van der Waals surface area contributed by atoms with Crippen LogP contribution >= 0.6 is 0 Å². The monoisotopic (exact) mass is 201 g/mol. The molecule has 4 heteroatoms. The predicted octanol–water partition coefficient (Wildman–Crippen LogP) is 2.66. The number of aryl methyl sites for hydroxylation is 1. The smallest absolute Gasteiger partial charge is 0.267 e. The molecule has 1 atom stereocenters. The fourth-order valence-corrected chi connectivity index (χ4v) is 1.35. The van der Waals surface area contributed by atoms with Gasteiger partial charge in [-0.2, -0.15) is 0 Å². The average molecular weight is 201 g/mol. The van der Waals surface area contributed by atoms with E-state index in [0.29, 0.717) is 11.1 Å². The second-order valence-electron chi connectivity index (χ2n) is 3.38. The van der Waals surface area contributed by atoms with Gasteiger partial charge in [0.2, 0.25) is 0 Å². The molecule has 0 aromatic heterocycles. The predicted molar refractivity (Wildman–Crippen MR) is 50.4 cm³/mol. The molecule has 1 unspecified atom stereocenters. The van der Waals surface area contributed by atoms with Crippen LogP contribution in [-0.2, 0) is 0 Å². The maximum atomic E-state index is 12.5. The summed E-state index contributed by atoms with van der Waals surface area (Å²) in [7, 11) is 0. The Hall–Kier alpha value is -1.16. The second-order valence-corrected chi connectivity index (χ2v) is 3.38. The van der Waals surface area contributed by atoms with Crippen molar-refractivity contribution < 1.29 is 13.9 Å². The van der Waals surface area contributed by atoms with Gasteiger partial charge in [-0.1, -0.05) is 11.6 Å². The lowest BCUT2D eigenvalue weighted by Crippen LogP contribution is -2.06. The number of phenolic OH excluding ortho intramolecular Hbond substituents is 1. The molecule has 2 nitrogen and oxygen atoms in total. The largest absolute Gasteiger partial charge is 0.507 e. The number of rotatable bonds is 2. The quantitative estimate of drug-likeness (QED) is 0.772. The van der Waals surface area contributed by atoms with Crippen molar-refractivity contribution in [2.24, 2.45) is 5.73 Å². The molecule has 0 aliphatic rings. The second kappa shape index (κ2) is 3.92. The summed E-state index contributed by atoms with van der Waals surface area (Å²) in [6.07, 6.45) is -2.67. The van der Waals surface area contributed by atoms with Crippen LogP contribution in [0.25, 0.3) is 0 Å². The molecule has 3 N–H and O–H groups in total. The van der Waals surface area contributed by atoms with E-state index in [1.54, 1.807) is 19.9 Å². The minimum Gasteiger partial charge on any atom is -0.507 e. The van der Waals surface area contributed by atoms with Crippen LogP contribution in [0.15, 0.2) is 12.1 Å². The van der Waals surface area contributed by atoms with Crippen LogP contribution in [0.3, 0.4) is 0 Å². The summed E-state index contributed by atoms with van der Waals surface area (Å²) in [5.41, 5.74) is 6.23. The standard InChI is InChI=1S/C10H13F2NO/c1-5-3-7(6(2)13)9(14)8(4-5)10(11)12/h3-4,6,10,14H,13H2,1-2H3. The maximum Gasteiger partial charge on any atom is 0.267 e. The first-order valence-corrected chi connectivity index (χ1v) is 4.30. The zero-order valence-electron chi connectivity index (χ0n) is 8.09. The summed E-state index contributed by atoms with van der Waals surface area (Å²) in [5, 5.41) is 9.49. The Labute approximate surface area is 81.4 Å². The molecular formula is C10H13F2NO. The molecule has 0 fully saturated rings. The van der Waals surface area contributed by atoms with Gasteiger partial charge in [0.15, 0.2) is 0 Å². The van der Waals surface area contributed by atoms with Gasteiger partial charge in [0.05, 0.1) is 5.56 Å². The van der Waals surface area contributed by atoms with Crippen LogP contribution in [0, 0.1) is 6.92 Å². The van der Waals surface area contributed by atoms with Gasteiger partial charge < -0.3 is 10.8 Å². The number of nitrogens with two attached hydrogens (primary N) is 1. The normalized spacial score (nSPS) is 13.3. The van der Waals surface area contributed by atoms with Crippen LogP contribution < -0.4 is 5.73 Å². The third kappa shape index (κ3) is 2.01. The van der Waals surface area contributed by atoms with Crippen LogP contribution in [0.2, 0.25) is 0 Å². The molecule has 0 aliphatic heterocycles. The van der Waals surface area contributed by atoms with Gasteiger partial charge in [0.25, 0.3) is 6.43 Å². The van der Waals surface area contributed by atoms with Gasteiger partial charge in [0, 0.05) is 11.6 Å². The molecule has 1 rings (SSSR count). The highest BCUT2D eigenvalue weighted by atomic mass is 19.3. The van der Waals surface area contributed by atoms with Crippen molar-refractivity contribution >= 4 is 0 Å². The van der Waals surface area contributed by atoms with Crippen molar-refractivity contribution in [2.75, 3.05) is 0 Å². The topological polar surface area (TPSA) is 46.2 Å². The molecule has 0 bridgehead atoms. The van der Waals surface area contributed by atoms with E-state index in [1.165, 1.54) is 6.07 Å². The fraction of sp³-hybridized carbons (Fsp3) is 0.400. The van der Waals surface area contributed by atoms with Crippen LogP contribution in [0.1, 0.15) is 36.1 Å². The molecule has 0 saturated heterocycles. The van der Waals surface area contributed by atoms with E-state index in [0.717, 1.165) is 0 Å². The molecule has 0 spiro atoms. The van der Waals surface area contributed by atoms with E-state index in [9.17, 15) is 13.9 Å². The number of hydrogen-bond acceptors (Lipinski definition) is 2. The summed E-state index contributed by atoms with van der Waals surface area (Å²) in [4.78, 5) is 0. The minimum absolute atomic E-state index is 0.350. The van der Waals surface area contributed by atoms with Crippen molar-refractivity contribution in [1.29, 1.82) is 0 Å². The summed E-state index contributed by atoms with van der Waals surface area (Å²) < 4.78 is 24.9. The molecule has 0 amide bonds. The summed E-state index contributed by atoms with van der Waals surface area (Å²) in [6.45, 7) is 3.33. The Morgan fingerprint density at radius 1 is 1.29 bits per heavy atom. The van der Waals surface area contributed by atoms with Crippen molar-refractivity contribution in [3.05, 3.63) is 28.8 Å². The van der Waals surface area contributed by atoms with Gasteiger partial charge in [-0.05, 0) is 19.9 Å². The molecular weight excluding hydrogens is 188 g/mol. The van der Waals surface area contributed by atoms with Gasteiger partial charge in [0.1, 0.15) is 5.75 Å². The van der Waals surface area contributed by atoms with Crippen LogP contribution in [0.5, 0.6) is 5.75 Å². The van der Waals surface area contributed by atoms with E-state index < -0.39 is 12.5 Å². The molecule has 78 valence electrons. The minimum atomic E-state index is -2.67. The summed E-state index contributed by atoms with van der Waals surface area (Å²) in [6, 6.07) is 2.44. The van der Waals surface area contributed by atoms with E-state index in [4.69, 9.17) is 5.73 Å². The number of aromatic hydroxyl groups is 1. The van der Waals surface area contributed by atoms with E-state index in [-0.39, 0.29) is 11.3 Å². The van der Waals surface area contributed by atoms with E-state index in [1.807, 2.05) is 0 Å². The molecule has 1 aromatic carbocycles. The van der Waals surface area contributed by atoms with Crippen LogP contribution in [0.4, 0.5) is 8.78 Å². The number of phenols is 1. The highest BCUT2D eigenvalue weighted by molar-refractivity contribution is 5.45. The first-order valence-electron chi connectivity index (χ1n) is 4.30. The van der Waals surface area contributed by atoms with Gasteiger partial charge in [-0.15, -0.1) is 0 Å². The average Bonchev–Trinajstić information content (AvgIpc) is 2.07. The van der Waals surface area contributed by atoms with Crippen molar-refractivity contribution in [3.8, 4) is 5.75 Å². The SMILES string of the molecule is Cc1cc(C(C)N)c(O)c(C(F)F)c1. The van der Waals surface area contributed by atoms with Crippen molar-refractivity contribution in [3.63, 3.8) is 0 Å². The number of halogens is 2. The maximum absolute atomic E-state index is 12.5. The lowest BCUT2D eigenvalue weighted by atomic mass is 10.0. The summed E-state index contributed by atoms with van der Waals surface area (Å²) in [5.74, 6) is -0.388. The Kier molecular flexibility index (Phi) is 3.06. The Morgan fingerprint density at radius 2 is 1.79 bits per heavy atom. The molecule has 1 aromatic rings. The third-order valence-corrected chi connectivity index (χ3v) is 2.04. The lowest BCUT2D eigenvalue weighted by molar-refractivity contribution is 0.147. The first-order chi connectivity index (χ1) is 6.43. The van der Waals surface area contributed by atoms with E-state index in [2.05, 4.69) is 0 Å². The molecule has 0 radical (unpaired) electrons.